The van der Waals surface area contributed by atoms with E-state index in [4.69, 9.17) is 37.0 Å². The average Bonchev–Trinajstić information content (AvgIpc) is 0.962. The van der Waals surface area contributed by atoms with Crippen LogP contribution < -0.4 is 0 Å². The SMILES string of the molecule is CCCCCC/C=C\C=C/CCCCCCCC(=O)O[C@H](COC(=O)CCCCCCCCC(C)CC)COP(=O)(O)OC[C@H](O)COP(=O)(O)OC[C@@H](COC(=O)CCCCCCCCCCCCCCCCCCCC)OC(=O)CCCCCCCCCCCCCCCCCCCCC. The Labute approximate surface area is 624 Å². The Morgan fingerprint density at radius 1 is 0.314 bits per heavy atom. The monoisotopic (exact) mass is 1490 g/mol. The van der Waals surface area contributed by atoms with E-state index in [9.17, 15) is 43.2 Å². The van der Waals surface area contributed by atoms with Crippen molar-refractivity contribution in [2.75, 3.05) is 39.6 Å². The molecule has 0 bridgehead atoms. The van der Waals surface area contributed by atoms with Crippen LogP contribution in [0.4, 0.5) is 0 Å². The summed E-state index contributed by atoms with van der Waals surface area (Å²) in [6.45, 7) is 7.23. The van der Waals surface area contributed by atoms with Crippen LogP contribution in [0.25, 0.3) is 0 Å². The lowest BCUT2D eigenvalue weighted by Gasteiger charge is -2.21. The van der Waals surface area contributed by atoms with Crippen molar-refractivity contribution in [3.8, 4) is 0 Å². The molecule has 102 heavy (non-hydrogen) atoms. The molecule has 0 aliphatic heterocycles. The standard InChI is InChI=1S/C83H158O17P2/c1-6-10-13-16-19-22-25-28-31-33-35-37-40-43-46-49-52-59-64-68-82(87)99-78(72-93-80(85)66-61-56-50-47-44-41-39-36-34-32-29-26-23-20-17-14-11-7-2)74-97-101(89,90)95-70-77(84)71-96-102(91,92)98-75-79(73-94-81(86)67-62-57-54-53-55-60-65-76(5)9-4)100-83(88)69-63-58-51-48-45-42-38-30-27-24-21-18-15-12-8-3/h24,27,30,38,76-79,84H,6-23,25-26,28-29,31-37,39-75H2,1-5H3,(H,89,90)(H,91,92)/b27-24-,38-30-/t76?,77-,78-,79-/m1/s1. The molecule has 3 N–H and O–H groups in total. The molecule has 6 atom stereocenters. The number of ether oxygens (including phenoxy) is 4. The summed E-state index contributed by atoms with van der Waals surface area (Å²) in [5.41, 5.74) is 0. The van der Waals surface area contributed by atoms with Gasteiger partial charge in [0.2, 0.25) is 0 Å². The number of hydrogen-bond acceptors (Lipinski definition) is 15. The molecule has 0 aliphatic rings. The van der Waals surface area contributed by atoms with Crippen LogP contribution in [0, 0.1) is 5.92 Å². The topological polar surface area (TPSA) is 237 Å². The number of aliphatic hydroxyl groups excluding tert-OH is 1. The van der Waals surface area contributed by atoms with Crippen molar-refractivity contribution < 1.29 is 80.2 Å². The van der Waals surface area contributed by atoms with E-state index >= 15 is 0 Å². The second kappa shape index (κ2) is 75.4. The normalized spacial score (nSPS) is 14.2. The van der Waals surface area contributed by atoms with Gasteiger partial charge in [0, 0.05) is 25.7 Å². The number of carbonyl (C=O) groups excluding carboxylic acids is 4. The maximum atomic E-state index is 13.1. The molecule has 0 rings (SSSR count). The van der Waals surface area contributed by atoms with E-state index in [1.807, 2.05) is 0 Å². The van der Waals surface area contributed by atoms with Crippen LogP contribution in [0.15, 0.2) is 24.3 Å². The predicted octanol–water partition coefficient (Wildman–Crippen LogP) is 24.8. The van der Waals surface area contributed by atoms with Crippen LogP contribution >= 0.6 is 15.6 Å². The number of rotatable bonds is 81. The van der Waals surface area contributed by atoms with Gasteiger partial charge in [0.05, 0.1) is 26.4 Å². The molecule has 602 valence electrons. The van der Waals surface area contributed by atoms with E-state index in [0.717, 1.165) is 115 Å². The van der Waals surface area contributed by atoms with Gasteiger partial charge >= 0.3 is 39.5 Å². The lowest BCUT2D eigenvalue weighted by atomic mass is 10.00. The number of phosphoric ester groups is 2. The molecule has 0 saturated carbocycles. The molecule has 19 heteroatoms. The minimum absolute atomic E-state index is 0.0846. The van der Waals surface area contributed by atoms with Gasteiger partial charge in [-0.25, -0.2) is 9.13 Å². The molecule has 0 heterocycles. The van der Waals surface area contributed by atoms with Crippen molar-refractivity contribution in [2.45, 2.75) is 438 Å². The van der Waals surface area contributed by atoms with Crippen LogP contribution in [0.5, 0.6) is 0 Å². The van der Waals surface area contributed by atoms with Crippen molar-refractivity contribution in [1.29, 1.82) is 0 Å². The lowest BCUT2D eigenvalue weighted by molar-refractivity contribution is -0.161. The number of esters is 4. The number of allylic oxidation sites excluding steroid dienone is 4. The highest BCUT2D eigenvalue weighted by molar-refractivity contribution is 7.47. The first-order chi connectivity index (χ1) is 49.6. The van der Waals surface area contributed by atoms with Gasteiger partial charge in [0.15, 0.2) is 12.2 Å². The number of hydrogen-bond donors (Lipinski definition) is 3. The second-order valence-electron chi connectivity index (χ2n) is 29.4. The highest BCUT2D eigenvalue weighted by atomic mass is 31.2. The Bertz CT molecular complexity index is 2040. The first kappa shape index (κ1) is 99.5. The first-order valence-corrected chi connectivity index (χ1v) is 45.5. The Kier molecular flexibility index (Phi) is 73.5. The van der Waals surface area contributed by atoms with Crippen LogP contribution in [-0.2, 0) is 65.4 Å². The largest absolute Gasteiger partial charge is 0.472 e. The Morgan fingerprint density at radius 3 is 0.833 bits per heavy atom. The molecule has 0 amide bonds. The summed E-state index contributed by atoms with van der Waals surface area (Å²) >= 11 is 0. The van der Waals surface area contributed by atoms with E-state index in [1.165, 1.54) is 225 Å². The maximum absolute atomic E-state index is 13.1. The summed E-state index contributed by atoms with van der Waals surface area (Å²) in [7, 11) is -9.93. The maximum Gasteiger partial charge on any atom is 0.472 e. The van der Waals surface area contributed by atoms with Gasteiger partial charge in [0.1, 0.15) is 19.3 Å². The third kappa shape index (κ3) is 74.4. The summed E-state index contributed by atoms with van der Waals surface area (Å²) in [4.78, 5) is 73.1. The average molecular weight is 1490 g/mol. The van der Waals surface area contributed by atoms with Gasteiger partial charge < -0.3 is 33.8 Å². The van der Waals surface area contributed by atoms with E-state index in [2.05, 4.69) is 58.9 Å². The van der Waals surface area contributed by atoms with Gasteiger partial charge in [0.25, 0.3) is 0 Å². The van der Waals surface area contributed by atoms with Crippen molar-refractivity contribution in [2.24, 2.45) is 5.92 Å². The van der Waals surface area contributed by atoms with Gasteiger partial charge in [-0.05, 0) is 57.3 Å². The zero-order chi connectivity index (χ0) is 74.8. The van der Waals surface area contributed by atoms with Crippen molar-refractivity contribution in [1.82, 2.24) is 0 Å². The van der Waals surface area contributed by atoms with E-state index in [0.29, 0.717) is 25.7 Å². The van der Waals surface area contributed by atoms with Crippen LogP contribution in [0.3, 0.4) is 0 Å². The van der Waals surface area contributed by atoms with Gasteiger partial charge in [-0.2, -0.15) is 0 Å². The molecule has 0 aliphatic carbocycles. The smallest absolute Gasteiger partial charge is 0.462 e. The van der Waals surface area contributed by atoms with E-state index in [1.54, 1.807) is 0 Å². The quantitative estimate of drug-likeness (QED) is 0.0169. The zero-order valence-electron chi connectivity index (χ0n) is 66.2. The summed E-state index contributed by atoms with van der Waals surface area (Å²) in [6, 6.07) is 0. The summed E-state index contributed by atoms with van der Waals surface area (Å²) in [5.74, 6) is -1.41. The van der Waals surface area contributed by atoms with Gasteiger partial charge in [-0.1, -0.05) is 367 Å². The molecule has 0 radical (unpaired) electrons. The minimum Gasteiger partial charge on any atom is -0.462 e. The van der Waals surface area contributed by atoms with Crippen LogP contribution in [-0.4, -0.2) is 96.7 Å². The van der Waals surface area contributed by atoms with E-state index in [-0.39, 0.29) is 25.7 Å². The van der Waals surface area contributed by atoms with Crippen molar-refractivity contribution in [3.05, 3.63) is 24.3 Å². The molecule has 0 saturated heterocycles. The Hall–Kier alpha value is -2.46. The molecule has 0 aromatic rings. The van der Waals surface area contributed by atoms with Crippen molar-refractivity contribution >= 4 is 39.5 Å². The Morgan fingerprint density at radius 2 is 0.549 bits per heavy atom. The molecule has 0 spiro atoms. The fraction of sp³-hybridized carbons (Fsp3) is 0.904. The molecule has 3 unspecified atom stereocenters. The third-order valence-electron chi connectivity index (χ3n) is 19.3. The van der Waals surface area contributed by atoms with Crippen molar-refractivity contribution in [3.63, 3.8) is 0 Å². The number of carbonyl (C=O) groups is 4. The molecular weight excluding hydrogens is 1330 g/mol. The first-order valence-electron chi connectivity index (χ1n) is 42.5. The van der Waals surface area contributed by atoms with Gasteiger partial charge in [-0.3, -0.25) is 37.3 Å². The molecule has 0 fully saturated rings. The summed E-state index contributed by atoms with van der Waals surface area (Å²) < 4.78 is 68.7. The molecule has 17 nitrogen and oxygen atoms in total. The van der Waals surface area contributed by atoms with E-state index < -0.39 is 97.5 Å². The number of phosphoric acid groups is 2. The minimum atomic E-state index is -4.97. The molecule has 0 aromatic carbocycles. The third-order valence-corrected chi connectivity index (χ3v) is 21.2. The second-order valence-corrected chi connectivity index (χ2v) is 32.3. The molecule has 0 aromatic heterocycles. The van der Waals surface area contributed by atoms with Crippen LogP contribution in [0.2, 0.25) is 0 Å². The zero-order valence-corrected chi connectivity index (χ0v) is 68.0. The number of aliphatic hydroxyl groups is 1. The van der Waals surface area contributed by atoms with Gasteiger partial charge in [-0.15, -0.1) is 0 Å². The number of unbranched alkanes of at least 4 members (excludes halogenated alkanes) is 49. The predicted molar refractivity (Wildman–Crippen MR) is 418 cm³/mol. The fourth-order valence-corrected chi connectivity index (χ4v) is 13.9. The highest BCUT2D eigenvalue weighted by Crippen LogP contribution is 2.45. The fourth-order valence-electron chi connectivity index (χ4n) is 12.4. The highest BCUT2D eigenvalue weighted by Gasteiger charge is 2.30. The van der Waals surface area contributed by atoms with Crippen LogP contribution in [0.1, 0.15) is 420 Å². The summed E-state index contributed by atoms with van der Waals surface area (Å²) in [6.07, 6.45) is 70.3. The molecular formula is C83H158O17P2. The lowest BCUT2D eigenvalue weighted by Crippen LogP contribution is -2.30. The summed E-state index contributed by atoms with van der Waals surface area (Å²) in [5, 5.41) is 10.6. The Balaban J connectivity index is 5.27.